The third-order valence-corrected chi connectivity index (χ3v) is 7.05. The molecule has 39 heavy (non-hydrogen) atoms. The van der Waals surface area contributed by atoms with E-state index in [0.29, 0.717) is 16.6 Å². The topological polar surface area (TPSA) is 155 Å². The number of aromatic nitrogens is 9. The summed E-state index contributed by atoms with van der Waals surface area (Å²) in [5.41, 5.74) is 6.12. The number of hydrogen-bond acceptors (Lipinski definition) is 9. The van der Waals surface area contributed by atoms with Crippen molar-refractivity contribution < 1.29 is 26.7 Å². The molecule has 4 aromatic heterocycles. The lowest BCUT2D eigenvalue weighted by atomic mass is 9.75. The van der Waals surface area contributed by atoms with Crippen LogP contribution in [-0.4, -0.2) is 62.7 Å². The quantitative estimate of drug-likeness (QED) is 0.345. The van der Waals surface area contributed by atoms with Gasteiger partial charge in [-0.15, -0.1) is 5.10 Å². The molecule has 12 nitrogen and oxygen atoms in total. The van der Waals surface area contributed by atoms with Crippen LogP contribution in [-0.2, 0) is 30.7 Å². The Morgan fingerprint density at radius 3 is 2.51 bits per heavy atom. The Kier molecular flexibility index (Phi) is 5.19. The van der Waals surface area contributed by atoms with E-state index in [-0.39, 0.29) is 46.5 Å². The second kappa shape index (κ2) is 8.09. The average molecular weight is 549 g/mol. The minimum Gasteiger partial charge on any atom is -0.383 e. The first-order chi connectivity index (χ1) is 18.3. The van der Waals surface area contributed by atoms with Gasteiger partial charge >= 0.3 is 12.1 Å². The molecule has 0 saturated heterocycles. The largest absolute Gasteiger partial charge is 0.453 e. The fraction of sp³-hybridized carbons (Fsp3) is 0.455. The monoisotopic (exact) mass is 549 g/mol. The molecule has 1 unspecified atom stereocenters. The summed E-state index contributed by atoms with van der Waals surface area (Å²) in [6, 6.07) is 0. The Morgan fingerprint density at radius 1 is 1.13 bits per heavy atom. The molecule has 17 heteroatoms. The van der Waals surface area contributed by atoms with Crippen molar-refractivity contribution >= 4 is 28.6 Å². The maximum atomic E-state index is 13.6. The Labute approximate surface area is 215 Å². The lowest BCUT2D eigenvalue weighted by Crippen LogP contribution is -2.39. The summed E-state index contributed by atoms with van der Waals surface area (Å²) in [4.78, 5) is 30.7. The number of rotatable bonds is 6. The third kappa shape index (κ3) is 3.69. The van der Waals surface area contributed by atoms with Gasteiger partial charge in [-0.25, -0.2) is 19.9 Å². The number of halogens is 5. The fourth-order valence-corrected chi connectivity index (χ4v) is 5.03. The van der Waals surface area contributed by atoms with Crippen LogP contribution in [0.2, 0.25) is 0 Å². The number of nitrogens with two attached hydrogens (primary N) is 1. The Morgan fingerprint density at radius 2 is 1.87 bits per heavy atom. The maximum absolute atomic E-state index is 13.6. The zero-order valence-corrected chi connectivity index (χ0v) is 20.5. The molecule has 204 valence electrons. The average Bonchev–Trinajstić information content (AvgIpc) is 3.40. The van der Waals surface area contributed by atoms with Crippen molar-refractivity contribution in [2.24, 2.45) is 20.0 Å². The summed E-state index contributed by atoms with van der Waals surface area (Å²) >= 11 is 0. The van der Waals surface area contributed by atoms with Gasteiger partial charge in [-0.2, -0.15) is 27.1 Å². The molecule has 3 N–H and O–H groups in total. The number of carbonyl (C=O) groups excluding carboxylic acids is 1. The first-order valence-corrected chi connectivity index (χ1v) is 11.8. The molecule has 1 aliphatic carbocycles. The van der Waals surface area contributed by atoms with Crippen LogP contribution in [0.3, 0.4) is 0 Å². The summed E-state index contributed by atoms with van der Waals surface area (Å²) in [7, 11) is 3.19. The molecule has 5 heterocycles. The van der Waals surface area contributed by atoms with Gasteiger partial charge in [0.1, 0.15) is 34.3 Å². The van der Waals surface area contributed by atoms with Crippen molar-refractivity contribution in [2.45, 2.75) is 43.2 Å². The van der Waals surface area contributed by atoms with Crippen molar-refractivity contribution in [1.82, 2.24) is 44.7 Å². The molecule has 1 saturated carbocycles. The van der Waals surface area contributed by atoms with Crippen LogP contribution in [0.25, 0.3) is 22.6 Å². The van der Waals surface area contributed by atoms with Gasteiger partial charge in [0.25, 0.3) is 0 Å². The summed E-state index contributed by atoms with van der Waals surface area (Å²) in [6.45, 7) is 0. The predicted molar refractivity (Wildman–Crippen MR) is 124 cm³/mol. The van der Waals surface area contributed by atoms with Crippen LogP contribution in [0.4, 0.5) is 33.6 Å². The number of nitrogen functional groups attached to an aromatic ring is 1. The SMILES string of the molecule is Cn1cc(C2(C3CC3)C(=O)Nc3nc(-c4nc(CCC(F)(F)C(F)(F)F)nc5c4cnn5C)nc(N)c32)nn1. The highest BCUT2D eigenvalue weighted by Gasteiger charge is 2.61. The number of hydrogen-bond donors (Lipinski definition) is 2. The van der Waals surface area contributed by atoms with Gasteiger partial charge in [-0.05, 0) is 18.8 Å². The van der Waals surface area contributed by atoms with Crippen molar-refractivity contribution in [3.8, 4) is 11.5 Å². The summed E-state index contributed by atoms with van der Waals surface area (Å²) in [5.74, 6) is -5.69. The van der Waals surface area contributed by atoms with E-state index in [9.17, 15) is 26.7 Å². The van der Waals surface area contributed by atoms with Crippen molar-refractivity contribution in [2.75, 3.05) is 11.1 Å². The van der Waals surface area contributed by atoms with E-state index in [4.69, 9.17) is 5.73 Å². The van der Waals surface area contributed by atoms with Gasteiger partial charge in [0.2, 0.25) is 5.91 Å². The molecule has 1 fully saturated rings. The van der Waals surface area contributed by atoms with Crippen LogP contribution in [0, 0.1) is 5.92 Å². The van der Waals surface area contributed by atoms with Crippen LogP contribution < -0.4 is 11.1 Å². The first-order valence-electron chi connectivity index (χ1n) is 11.8. The fourth-order valence-electron chi connectivity index (χ4n) is 5.03. The highest BCUT2D eigenvalue weighted by atomic mass is 19.4. The normalized spacial score (nSPS) is 19.5. The molecule has 0 spiro atoms. The molecule has 1 aliphatic heterocycles. The number of nitrogens with zero attached hydrogens (tertiary/aromatic N) is 9. The number of aryl methyl sites for hydroxylation is 3. The molecule has 1 atom stereocenters. The van der Waals surface area contributed by atoms with Crippen LogP contribution >= 0.6 is 0 Å². The van der Waals surface area contributed by atoms with Crippen LogP contribution in [0.1, 0.15) is 36.3 Å². The van der Waals surface area contributed by atoms with Crippen LogP contribution in [0.5, 0.6) is 0 Å². The highest BCUT2D eigenvalue weighted by Crippen LogP contribution is 2.57. The number of anilines is 2. The first kappa shape index (κ1) is 25.0. The lowest BCUT2D eigenvalue weighted by molar-refractivity contribution is -0.284. The van der Waals surface area contributed by atoms with Gasteiger partial charge in [0, 0.05) is 33.1 Å². The van der Waals surface area contributed by atoms with Gasteiger partial charge in [0.15, 0.2) is 11.5 Å². The van der Waals surface area contributed by atoms with Gasteiger partial charge in [0.05, 0.1) is 17.1 Å². The summed E-state index contributed by atoms with van der Waals surface area (Å²) in [5, 5.41) is 15.3. The van der Waals surface area contributed by atoms with Gasteiger partial charge < -0.3 is 11.1 Å². The Bertz CT molecular complexity index is 1640. The highest BCUT2D eigenvalue weighted by molar-refractivity contribution is 6.09. The smallest absolute Gasteiger partial charge is 0.383 e. The number of fused-ring (bicyclic) bond motifs is 2. The second-order valence-electron chi connectivity index (χ2n) is 9.67. The summed E-state index contributed by atoms with van der Waals surface area (Å²) in [6.07, 6.45) is -3.53. The van der Waals surface area contributed by atoms with E-state index in [0.717, 1.165) is 12.8 Å². The lowest BCUT2D eigenvalue weighted by Gasteiger charge is -2.25. The van der Waals surface area contributed by atoms with Crippen molar-refractivity contribution in [3.63, 3.8) is 0 Å². The number of amides is 1. The molecule has 2 aliphatic rings. The summed E-state index contributed by atoms with van der Waals surface area (Å²) < 4.78 is 68.1. The number of carbonyl (C=O) groups is 1. The predicted octanol–water partition coefficient (Wildman–Crippen LogP) is 2.31. The molecule has 0 bridgehead atoms. The van der Waals surface area contributed by atoms with E-state index < -0.39 is 30.4 Å². The van der Waals surface area contributed by atoms with Gasteiger partial charge in [-0.1, -0.05) is 5.21 Å². The molecule has 0 radical (unpaired) electrons. The minimum absolute atomic E-state index is 0.0191. The van der Waals surface area contributed by atoms with E-state index in [1.165, 1.54) is 22.6 Å². The van der Waals surface area contributed by atoms with Crippen molar-refractivity contribution in [3.05, 3.63) is 29.5 Å². The molecule has 0 aromatic carbocycles. The molecular formula is C22H20F5N11O. The van der Waals surface area contributed by atoms with E-state index in [1.54, 1.807) is 13.2 Å². The Hall–Kier alpha value is -4.31. The zero-order valence-electron chi connectivity index (χ0n) is 20.5. The second-order valence-corrected chi connectivity index (χ2v) is 9.67. The van der Waals surface area contributed by atoms with E-state index >= 15 is 0 Å². The van der Waals surface area contributed by atoms with E-state index in [1.807, 2.05) is 0 Å². The zero-order chi connectivity index (χ0) is 27.9. The number of alkyl halides is 5. The number of nitrogens with one attached hydrogen (secondary N) is 1. The minimum atomic E-state index is -5.71. The van der Waals surface area contributed by atoms with Crippen molar-refractivity contribution in [1.29, 1.82) is 0 Å². The molecule has 1 amide bonds. The van der Waals surface area contributed by atoms with Crippen LogP contribution in [0.15, 0.2) is 12.4 Å². The van der Waals surface area contributed by atoms with Gasteiger partial charge in [-0.3, -0.25) is 14.2 Å². The maximum Gasteiger partial charge on any atom is 0.453 e. The molecular weight excluding hydrogens is 529 g/mol. The molecule has 6 rings (SSSR count). The molecule has 4 aromatic rings. The third-order valence-electron chi connectivity index (χ3n) is 7.05. The Balaban J connectivity index is 1.47. The van der Waals surface area contributed by atoms with E-state index in [2.05, 4.69) is 40.7 Å². The standard InChI is InChI=1S/C22H20F5N11O/c1-37-8-11(35-36-37)21(9-3-4-9)13-15(28)32-17(33-16(13)34-19(21)39)14-10-7-29-38(2)18(10)31-12(30-14)5-6-20(23,24)22(25,26)27/h7-9H,3-6H2,1-2H3,(H3,28,32,33,34,39).